The lowest BCUT2D eigenvalue weighted by Crippen LogP contribution is -2.47. The van der Waals surface area contributed by atoms with Gasteiger partial charge in [0, 0.05) is 39.3 Å². The molecular weight excluding hydrogens is 596 g/mol. The molecule has 9 nitrogen and oxygen atoms in total. The SMILES string of the molecule is CC1CCCC1/C=C/C(F)COc1ccccc1.CC=CCCCC.CF.O=COCCCN1CCN(CCCO[N+](=O)[O-])CC1. The number of alkyl halides is 2. The van der Waals surface area contributed by atoms with Gasteiger partial charge in [0.25, 0.3) is 11.6 Å². The zero-order valence-corrected chi connectivity index (χ0v) is 28.6. The molecule has 2 fully saturated rings. The van der Waals surface area contributed by atoms with Crippen LogP contribution in [-0.4, -0.2) is 93.8 Å². The van der Waals surface area contributed by atoms with Gasteiger partial charge in [0.15, 0.2) is 6.17 Å². The Morgan fingerprint density at radius 3 is 2.17 bits per heavy atom. The lowest BCUT2D eigenvalue weighted by Gasteiger charge is -2.34. The van der Waals surface area contributed by atoms with Crippen molar-refractivity contribution < 1.29 is 33.0 Å². The van der Waals surface area contributed by atoms with Crippen LogP contribution in [0.4, 0.5) is 8.78 Å². The molecule has 0 N–H and O–H groups in total. The number of nitrogens with zero attached hydrogens (tertiary/aromatic N) is 3. The Bertz CT molecular complexity index is 902. The number of rotatable bonds is 18. The van der Waals surface area contributed by atoms with Crippen molar-refractivity contribution in [3.05, 3.63) is 64.8 Å². The second-order valence-electron chi connectivity index (χ2n) is 11.2. The van der Waals surface area contributed by atoms with Gasteiger partial charge in [0.2, 0.25) is 0 Å². The maximum Gasteiger partial charge on any atom is 0.294 e. The number of unbranched alkanes of at least 4 members (excludes halogenated alkanes) is 2. The summed E-state index contributed by atoms with van der Waals surface area (Å²) in [7, 11) is 0.500. The molecular formula is C35H59F2N3O6. The van der Waals surface area contributed by atoms with Crippen molar-refractivity contribution in [2.75, 3.05) is 66.3 Å². The minimum Gasteiger partial charge on any atom is -0.490 e. The Labute approximate surface area is 276 Å². The minimum absolute atomic E-state index is 0.0988. The van der Waals surface area contributed by atoms with Gasteiger partial charge in [-0.05, 0) is 56.6 Å². The Kier molecular flexibility index (Phi) is 28.6. The quantitative estimate of drug-likeness (QED) is 0.0528. The number of benzene rings is 1. The van der Waals surface area contributed by atoms with E-state index in [0.29, 0.717) is 38.5 Å². The summed E-state index contributed by atoms with van der Waals surface area (Å²) in [6.07, 6.45) is 16.2. The van der Waals surface area contributed by atoms with Crippen molar-refractivity contribution in [1.82, 2.24) is 9.80 Å². The van der Waals surface area contributed by atoms with Gasteiger partial charge in [-0.25, -0.2) is 4.39 Å². The highest BCUT2D eigenvalue weighted by atomic mass is 19.1. The molecule has 264 valence electrons. The fraction of sp³-hybridized carbons (Fsp3) is 0.686. The number of carbonyl (C=O) groups excluding carboxylic acids is 1. The van der Waals surface area contributed by atoms with Gasteiger partial charge in [0.05, 0.1) is 20.4 Å². The number of allylic oxidation sites excluding steroid dienone is 3. The Hall–Kier alpha value is -3.05. The summed E-state index contributed by atoms with van der Waals surface area (Å²) in [6, 6.07) is 9.38. The highest BCUT2D eigenvalue weighted by Gasteiger charge is 2.21. The summed E-state index contributed by atoms with van der Waals surface area (Å²) in [5, 5.41) is 9.22. The molecule has 0 spiro atoms. The standard InChI is InChI=1S/C16H21FO.C11H21N3O5.C7H14.CH3F/c1-13-6-5-7-14(13)10-11-15(17)12-18-16-8-3-2-4-9-16;15-11-18-9-1-3-12-5-7-13(8-6-12)4-2-10-19-14(16)17;1-3-5-7-6-4-2;1-2/h2-4,8-11,13-15H,5-7,12H2,1H3;11H,1-10H2;3,5H,4,6-7H2,1-2H3;1H3/b11-10+;;;. The number of para-hydroxylation sites is 1. The summed E-state index contributed by atoms with van der Waals surface area (Å²) in [5.41, 5.74) is 0. The van der Waals surface area contributed by atoms with E-state index < -0.39 is 11.3 Å². The van der Waals surface area contributed by atoms with Crippen LogP contribution in [0.1, 0.15) is 72.1 Å². The van der Waals surface area contributed by atoms with Crippen LogP contribution in [-0.2, 0) is 14.4 Å². The van der Waals surface area contributed by atoms with E-state index in [2.05, 4.69) is 52.3 Å². The fourth-order valence-electron chi connectivity index (χ4n) is 5.04. The molecule has 11 heteroatoms. The third-order valence-electron chi connectivity index (χ3n) is 7.69. The van der Waals surface area contributed by atoms with Gasteiger partial charge >= 0.3 is 0 Å². The lowest BCUT2D eigenvalue weighted by molar-refractivity contribution is -0.757. The summed E-state index contributed by atoms with van der Waals surface area (Å²) in [6.45, 7) is 13.4. The molecule has 46 heavy (non-hydrogen) atoms. The molecule has 2 aliphatic rings. The number of piperazine rings is 1. The molecule has 3 atom stereocenters. The molecule has 0 radical (unpaired) electrons. The molecule has 1 saturated heterocycles. The van der Waals surface area contributed by atoms with Gasteiger partial charge in [0.1, 0.15) is 12.4 Å². The summed E-state index contributed by atoms with van der Waals surface area (Å²) < 4.78 is 33.2. The first kappa shape index (κ1) is 43.0. The molecule has 1 saturated carbocycles. The Morgan fingerprint density at radius 2 is 1.65 bits per heavy atom. The van der Waals surface area contributed by atoms with E-state index in [1.807, 2.05) is 36.4 Å². The zero-order chi connectivity index (χ0) is 34.3. The number of carbonyl (C=O) groups is 1. The van der Waals surface area contributed by atoms with Crippen LogP contribution in [0, 0.1) is 22.0 Å². The number of halogens is 2. The van der Waals surface area contributed by atoms with Crippen molar-refractivity contribution in [1.29, 1.82) is 0 Å². The predicted octanol–water partition coefficient (Wildman–Crippen LogP) is 7.50. The number of hydrogen-bond donors (Lipinski definition) is 0. The molecule has 0 amide bonds. The molecule has 3 rings (SSSR count). The zero-order valence-electron chi connectivity index (χ0n) is 28.6. The normalized spacial score (nSPS) is 18.7. The molecule has 1 aliphatic heterocycles. The third-order valence-corrected chi connectivity index (χ3v) is 7.69. The van der Waals surface area contributed by atoms with Crippen molar-refractivity contribution in [2.45, 2.75) is 78.3 Å². The topological polar surface area (TPSA) is 94.4 Å². The summed E-state index contributed by atoms with van der Waals surface area (Å²) >= 11 is 0. The fourth-order valence-corrected chi connectivity index (χ4v) is 5.04. The second kappa shape index (κ2) is 30.6. The molecule has 1 aromatic rings. The molecule has 1 heterocycles. The van der Waals surface area contributed by atoms with E-state index >= 15 is 0 Å². The van der Waals surface area contributed by atoms with Crippen molar-refractivity contribution in [3.8, 4) is 5.75 Å². The third kappa shape index (κ3) is 24.2. The van der Waals surface area contributed by atoms with Crippen LogP contribution < -0.4 is 4.74 Å². The smallest absolute Gasteiger partial charge is 0.294 e. The highest BCUT2D eigenvalue weighted by Crippen LogP contribution is 2.32. The molecule has 0 aromatic heterocycles. The van der Waals surface area contributed by atoms with Crippen molar-refractivity contribution >= 4 is 6.47 Å². The van der Waals surface area contributed by atoms with E-state index in [1.54, 1.807) is 6.08 Å². The van der Waals surface area contributed by atoms with Gasteiger partial charge in [-0.2, -0.15) is 0 Å². The first-order chi connectivity index (χ1) is 22.4. The van der Waals surface area contributed by atoms with Crippen molar-refractivity contribution in [3.63, 3.8) is 0 Å². The first-order valence-corrected chi connectivity index (χ1v) is 16.7. The van der Waals surface area contributed by atoms with Crippen LogP contribution in [0.3, 0.4) is 0 Å². The van der Waals surface area contributed by atoms with E-state index in [4.69, 9.17) is 4.74 Å². The minimum atomic E-state index is -1.02. The van der Waals surface area contributed by atoms with Crippen LogP contribution in [0.15, 0.2) is 54.6 Å². The van der Waals surface area contributed by atoms with Gasteiger partial charge < -0.3 is 24.1 Å². The Balaban J connectivity index is 0.000000701. The van der Waals surface area contributed by atoms with Gasteiger partial charge in [-0.15, -0.1) is 10.1 Å². The lowest BCUT2D eigenvalue weighted by atomic mass is 9.97. The molecule has 1 aliphatic carbocycles. The average Bonchev–Trinajstić information content (AvgIpc) is 3.50. The van der Waals surface area contributed by atoms with Crippen LogP contribution in [0.2, 0.25) is 0 Å². The van der Waals surface area contributed by atoms with Crippen LogP contribution >= 0.6 is 0 Å². The number of ether oxygens (including phenoxy) is 2. The van der Waals surface area contributed by atoms with E-state index in [9.17, 15) is 23.7 Å². The summed E-state index contributed by atoms with van der Waals surface area (Å²) in [5.74, 6) is 1.98. The summed E-state index contributed by atoms with van der Waals surface area (Å²) in [4.78, 5) is 28.8. The van der Waals surface area contributed by atoms with E-state index in [0.717, 1.165) is 51.4 Å². The Morgan fingerprint density at radius 1 is 1.02 bits per heavy atom. The predicted molar refractivity (Wildman–Crippen MR) is 181 cm³/mol. The monoisotopic (exact) mass is 655 g/mol. The van der Waals surface area contributed by atoms with E-state index in [1.165, 1.54) is 38.5 Å². The van der Waals surface area contributed by atoms with Gasteiger partial charge in [-0.1, -0.05) is 82.0 Å². The largest absolute Gasteiger partial charge is 0.490 e. The molecule has 3 unspecified atom stereocenters. The number of hydrogen-bond acceptors (Lipinski definition) is 8. The van der Waals surface area contributed by atoms with Gasteiger partial charge in [-0.3, -0.25) is 9.18 Å². The maximum atomic E-state index is 13.7. The van der Waals surface area contributed by atoms with E-state index in [-0.39, 0.29) is 13.2 Å². The van der Waals surface area contributed by atoms with Crippen LogP contribution in [0.5, 0.6) is 5.75 Å². The first-order valence-electron chi connectivity index (χ1n) is 16.7. The van der Waals surface area contributed by atoms with Crippen molar-refractivity contribution in [2.24, 2.45) is 11.8 Å². The maximum absolute atomic E-state index is 13.7. The van der Waals surface area contributed by atoms with Crippen LogP contribution in [0.25, 0.3) is 0 Å². The molecule has 0 bridgehead atoms. The highest BCUT2D eigenvalue weighted by molar-refractivity contribution is 5.36. The molecule has 1 aromatic carbocycles. The average molecular weight is 656 g/mol. The second-order valence-corrected chi connectivity index (χ2v) is 11.2.